The van der Waals surface area contributed by atoms with E-state index in [9.17, 15) is 9.59 Å². The summed E-state index contributed by atoms with van der Waals surface area (Å²) in [6.45, 7) is 9.78. The van der Waals surface area contributed by atoms with Crippen LogP contribution in [-0.4, -0.2) is 32.7 Å². The maximum atomic E-state index is 13.1. The maximum absolute atomic E-state index is 13.1. The van der Waals surface area contributed by atoms with Gasteiger partial charge in [0.15, 0.2) is 0 Å². The topological polar surface area (TPSA) is 83.3 Å². The van der Waals surface area contributed by atoms with Crippen LogP contribution in [0, 0.1) is 5.41 Å². The molecule has 0 aliphatic heterocycles. The summed E-state index contributed by atoms with van der Waals surface area (Å²) >= 11 is 1.32. The zero-order chi connectivity index (χ0) is 21.7. The average Bonchev–Trinajstić information content (AvgIpc) is 3.21. The summed E-state index contributed by atoms with van der Waals surface area (Å²) < 4.78 is 5.64. The summed E-state index contributed by atoms with van der Waals surface area (Å²) in [5.74, 6) is -1.13. The smallest absolute Gasteiger partial charge is 0.376 e. The Kier molecular flexibility index (Phi) is 4.92. The normalized spacial score (nSPS) is 15.6. The molecule has 0 saturated carbocycles. The number of aromatic nitrogens is 3. The number of carbonyl (C=O) groups is 2. The molecule has 2 heterocycles. The Bertz CT molecular complexity index is 1140. The van der Waals surface area contributed by atoms with Crippen LogP contribution in [0.15, 0.2) is 24.3 Å². The van der Waals surface area contributed by atoms with Crippen molar-refractivity contribution in [3.8, 4) is 0 Å². The van der Waals surface area contributed by atoms with Crippen molar-refractivity contribution in [2.45, 2.75) is 59.5 Å². The van der Waals surface area contributed by atoms with Crippen molar-refractivity contribution in [3.05, 3.63) is 45.1 Å². The molecule has 1 aliphatic carbocycles. The van der Waals surface area contributed by atoms with Gasteiger partial charge in [0.2, 0.25) is 0 Å². The molecule has 0 amide bonds. The molecule has 0 bridgehead atoms. The van der Waals surface area contributed by atoms with Crippen LogP contribution < -0.4 is 4.84 Å². The lowest BCUT2D eigenvalue weighted by molar-refractivity contribution is 0.00619. The molecule has 0 fully saturated rings. The van der Waals surface area contributed by atoms with Crippen LogP contribution in [0.25, 0.3) is 11.0 Å². The molecule has 1 aromatic carbocycles. The van der Waals surface area contributed by atoms with Crippen molar-refractivity contribution in [1.29, 1.82) is 0 Å². The van der Waals surface area contributed by atoms with Crippen molar-refractivity contribution in [3.63, 3.8) is 0 Å². The predicted octanol–water partition coefficient (Wildman–Crippen LogP) is 4.23. The summed E-state index contributed by atoms with van der Waals surface area (Å²) in [7, 11) is 0. The van der Waals surface area contributed by atoms with Crippen molar-refractivity contribution in [2.24, 2.45) is 5.41 Å². The quantitative estimate of drug-likeness (QED) is 0.459. The number of hydrogen-bond acceptors (Lipinski definition) is 7. The molecule has 0 unspecified atom stereocenters. The minimum Gasteiger partial charge on any atom is -0.456 e. The molecule has 0 radical (unpaired) electrons. The van der Waals surface area contributed by atoms with E-state index in [0.717, 1.165) is 28.1 Å². The van der Waals surface area contributed by atoms with Gasteiger partial charge in [-0.1, -0.05) is 30.8 Å². The first-order chi connectivity index (χ1) is 14.0. The Morgan fingerprint density at radius 3 is 2.63 bits per heavy atom. The number of esters is 1. The number of fused-ring (bicyclic) bond motifs is 2. The van der Waals surface area contributed by atoms with Crippen LogP contribution in [0.1, 0.15) is 71.5 Å². The predicted molar refractivity (Wildman–Crippen MR) is 114 cm³/mol. The molecule has 3 aromatic rings. The van der Waals surface area contributed by atoms with Crippen LogP contribution in [0.4, 0.5) is 0 Å². The second-order valence-electron chi connectivity index (χ2n) is 9.38. The van der Waals surface area contributed by atoms with Crippen molar-refractivity contribution in [2.75, 3.05) is 0 Å². The Morgan fingerprint density at radius 1 is 1.17 bits per heavy atom. The highest BCUT2D eigenvalue weighted by atomic mass is 32.1. The first kappa shape index (κ1) is 20.5. The van der Waals surface area contributed by atoms with Gasteiger partial charge in [-0.25, -0.2) is 9.59 Å². The average molecular weight is 428 g/mol. The number of nitrogens with zero attached hydrogens (tertiary/aromatic N) is 3. The molecule has 7 nitrogen and oxygen atoms in total. The van der Waals surface area contributed by atoms with Gasteiger partial charge in [-0.15, -0.1) is 16.4 Å². The van der Waals surface area contributed by atoms with Crippen LogP contribution in [-0.2, 0) is 17.6 Å². The van der Waals surface area contributed by atoms with E-state index in [1.54, 1.807) is 12.1 Å². The van der Waals surface area contributed by atoms with E-state index in [1.165, 1.54) is 11.3 Å². The Morgan fingerprint density at radius 2 is 1.90 bits per heavy atom. The third-order valence-electron chi connectivity index (χ3n) is 5.05. The van der Waals surface area contributed by atoms with Crippen molar-refractivity contribution >= 4 is 34.3 Å². The third-order valence-corrected chi connectivity index (χ3v) is 6.33. The van der Waals surface area contributed by atoms with Gasteiger partial charge in [0, 0.05) is 4.88 Å². The molecule has 30 heavy (non-hydrogen) atoms. The molecule has 0 atom stereocenters. The van der Waals surface area contributed by atoms with E-state index in [0.29, 0.717) is 23.0 Å². The fourth-order valence-electron chi connectivity index (χ4n) is 3.64. The lowest BCUT2D eigenvalue weighted by Crippen LogP contribution is -2.28. The van der Waals surface area contributed by atoms with Gasteiger partial charge in [-0.05, 0) is 68.4 Å². The van der Waals surface area contributed by atoms with Gasteiger partial charge in [0.05, 0.1) is 5.56 Å². The van der Waals surface area contributed by atoms with E-state index in [4.69, 9.17) is 9.57 Å². The Hall–Kier alpha value is -2.74. The summed E-state index contributed by atoms with van der Waals surface area (Å²) in [6, 6.07) is 7.19. The minimum atomic E-state index is -0.667. The number of rotatable bonds is 3. The summed E-state index contributed by atoms with van der Waals surface area (Å²) in [5.41, 5.74) is 1.80. The molecule has 158 valence electrons. The first-order valence-electron chi connectivity index (χ1n) is 9.95. The number of ether oxygens (including phenoxy) is 1. The highest BCUT2D eigenvalue weighted by Crippen LogP contribution is 2.42. The third kappa shape index (κ3) is 3.96. The van der Waals surface area contributed by atoms with Gasteiger partial charge in [-0.3, -0.25) is 0 Å². The summed E-state index contributed by atoms with van der Waals surface area (Å²) in [6.07, 6.45) is 2.53. The highest BCUT2D eigenvalue weighted by molar-refractivity contribution is 7.14. The molecular weight excluding hydrogens is 402 g/mol. The number of thiophene rings is 1. The number of hydrogen-bond donors (Lipinski definition) is 0. The second-order valence-corrected chi connectivity index (χ2v) is 10.5. The largest absolute Gasteiger partial charge is 0.456 e. The molecule has 0 spiro atoms. The van der Waals surface area contributed by atoms with Crippen LogP contribution in [0.3, 0.4) is 0 Å². The zero-order valence-corrected chi connectivity index (χ0v) is 18.6. The highest BCUT2D eigenvalue weighted by Gasteiger charge is 2.37. The SMILES string of the molecule is CC1(C)CCc2sc(C(=O)On3nnc4ccccc43)c(C(=O)OC(C)(C)C)c2C1. The van der Waals surface area contributed by atoms with Gasteiger partial charge in [0.1, 0.15) is 21.5 Å². The molecule has 0 N–H and O–H groups in total. The van der Waals surface area contributed by atoms with Crippen LogP contribution in [0.2, 0.25) is 0 Å². The summed E-state index contributed by atoms with van der Waals surface area (Å²) in [4.78, 5) is 34.1. The molecule has 1 aliphatic rings. The fourth-order valence-corrected chi connectivity index (χ4v) is 4.82. The van der Waals surface area contributed by atoms with E-state index in [1.807, 2.05) is 32.9 Å². The number of aryl methyl sites for hydroxylation is 1. The van der Waals surface area contributed by atoms with Crippen molar-refractivity contribution in [1.82, 2.24) is 15.2 Å². The molecule has 8 heteroatoms. The molecule has 2 aromatic heterocycles. The first-order valence-corrected chi connectivity index (χ1v) is 10.8. The number of carbonyl (C=O) groups excluding carboxylic acids is 2. The van der Waals surface area contributed by atoms with E-state index in [-0.39, 0.29) is 10.3 Å². The van der Waals surface area contributed by atoms with E-state index >= 15 is 0 Å². The van der Waals surface area contributed by atoms with Gasteiger partial charge < -0.3 is 9.57 Å². The summed E-state index contributed by atoms with van der Waals surface area (Å²) in [5, 5.41) is 7.91. The van der Waals surface area contributed by atoms with Gasteiger partial charge in [0.25, 0.3) is 0 Å². The van der Waals surface area contributed by atoms with Crippen molar-refractivity contribution < 1.29 is 19.2 Å². The Labute approximate surface area is 178 Å². The Balaban J connectivity index is 1.74. The van der Waals surface area contributed by atoms with Gasteiger partial charge >= 0.3 is 11.9 Å². The molecular formula is C22H25N3O4S. The lowest BCUT2D eigenvalue weighted by Gasteiger charge is -2.30. The van der Waals surface area contributed by atoms with E-state index < -0.39 is 17.5 Å². The standard InChI is InChI=1S/C22H25N3O4S/c1-21(2,3)28-19(26)17-13-12-22(4,5)11-10-16(13)30-18(17)20(27)29-25-15-9-7-6-8-14(15)23-24-25/h6-9H,10-12H2,1-5H3. The second kappa shape index (κ2) is 7.19. The van der Waals surface area contributed by atoms with E-state index in [2.05, 4.69) is 24.2 Å². The molecule has 4 rings (SSSR count). The molecule has 0 saturated heterocycles. The monoisotopic (exact) mass is 427 g/mol. The zero-order valence-electron chi connectivity index (χ0n) is 17.8. The van der Waals surface area contributed by atoms with Crippen LogP contribution in [0.5, 0.6) is 0 Å². The van der Waals surface area contributed by atoms with Gasteiger partial charge in [-0.2, -0.15) is 0 Å². The number of benzene rings is 1. The fraction of sp³-hybridized carbons (Fsp3) is 0.455. The van der Waals surface area contributed by atoms with Crippen LogP contribution >= 0.6 is 11.3 Å². The number of para-hydroxylation sites is 1. The lowest BCUT2D eigenvalue weighted by atomic mass is 9.76. The maximum Gasteiger partial charge on any atom is 0.376 e. The minimum absolute atomic E-state index is 0.0497.